The number of thiocarbonyl (C=S) groups is 1. The van der Waals surface area contributed by atoms with E-state index >= 15 is 0 Å². The van der Waals surface area contributed by atoms with Gasteiger partial charge in [-0.1, -0.05) is 50.1 Å². The third-order valence-electron chi connectivity index (χ3n) is 8.03. The number of para-hydroxylation sites is 1. The lowest BCUT2D eigenvalue weighted by atomic mass is 10.0. The normalized spacial score (nSPS) is 15.0. The van der Waals surface area contributed by atoms with Crippen LogP contribution in [0.5, 0.6) is 0 Å². The van der Waals surface area contributed by atoms with E-state index in [0.717, 1.165) is 6.42 Å². The Morgan fingerprint density at radius 2 is 1.45 bits per heavy atom. The van der Waals surface area contributed by atoms with Crippen LogP contribution >= 0.6 is 12.2 Å². The summed E-state index contributed by atoms with van der Waals surface area (Å²) in [6.07, 6.45) is 5.37. The van der Waals surface area contributed by atoms with Gasteiger partial charge >= 0.3 is 0 Å². The number of benzene rings is 2. The molecule has 0 spiro atoms. The van der Waals surface area contributed by atoms with Gasteiger partial charge in [0, 0.05) is 12.1 Å². The summed E-state index contributed by atoms with van der Waals surface area (Å²) in [6.45, 7) is 2.56. The smallest absolute Gasteiger partial charge is 0.281 e. The van der Waals surface area contributed by atoms with Gasteiger partial charge in [-0.2, -0.15) is 0 Å². The van der Waals surface area contributed by atoms with Gasteiger partial charge in [0.2, 0.25) is 17.7 Å². The van der Waals surface area contributed by atoms with Gasteiger partial charge in [-0.25, -0.2) is 0 Å². The Balaban J connectivity index is 1.75. The molecule has 3 rings (SSSR count). The van der Waals surface area contributed by atoms with Crippen molar-refractivity contribution >= 4 is 64.6 Å². The molecule has 274 valence electrons. The molecule has 0 bridgehead atoms. The van der Waals surface area contributed by atoms with Gasteiger partial charge in [-0.3, -0.25) is 33.9 Å². The minimum Gasteiger partial charge on any atom is -0.370 e. The van der Waals surface area contributed by atoms with Gasteiger partial charge in [0.1, 0.15) is 23.8 Å². The van der Waals surface area contributed by atoms with Crippen molar-refractivity contribution in [3.05, 3.63) is 71.4 Å². The summed E-state index contributed by atoms with van der Waals surface area (Å²) in [5.74, 6) is -2.79. The number of anilines is 1. The molecule has 5 amide bonds. The first-order chi connectivity index (χ1) is 24.4. The van der Waals surface area contributed by atoms with Crippen molar-refractivity contribution < 1.29 is 24.0 Å². The Morgan fingerprint density at radius 1 is 0.843 bits per heavy atom. The van der Waals surface area contributed by atoms with Crippen LogP contribution in [0.1, 0.15) is 74.2 Å². The summed E-state index contributed by atoms with van der Waals surface area (Å²) >= 11 is 5.37. The minimum absolute atomic E-state index is 0.108. The van der Waals surface area contributed by atoms with Gasteiger partial charge in [0.15, 0.2) is 11.1 Å². The van der Waals surface area contributed by atoms with E-state index in [-0.39, 0.29) is 47.6 Å². The van der Waals surface area contributed by atoms with Crippen molar-refractivity contribution in [1.29, 1.82) is 0 Å². The molecule has 2 aromatic carbocycles. The van der Waals surface area contributed by atoms with Crippen LogP contribution in [-0.2, 0) is 19.2 Å². The molecule has 1 aliphatic rings. The quantitative estimate of drug-likeness (QED) is 0.0315. The maximum absolute atomic E-state index is 13.6. The van der Waals surface area contributed by atoms with Crippen molar-refractivity contribution in [2.45, 2.75) is 76.4 Å². The van der Waals surface area contributed by atoms with Crippen LogP contribution in [0, 0.1) is 0 Å². The fourth-order valence-electron chi connectivity index (χ4n) is 5.26. The molecule has 15 nitrogen and oxygen atoms in total. The molecule has 1 heterocycles. The monoisotopic (exact) mass is 720 g/mol. The number of rotatable bonds is 20. The van der Waals surface area contributed by atoms with Crippen LogP contribution < -0.4 is 49.1 Å². The molecule has 0 radical (unpaired) electrons. The third-order valence-corrected chi connectivity index (χ3v) is 8.31. The highest BCUT2D eigenvalue weighted by atomic mass is 32.1. The van der Waals surface area contributed by atoms with Crippen LogP contribution in [0.15, 0.2) is 65.3 Å². The molecule has 0 aromatic heterocycles. The Morgan fingerprint density at radius 3 is 2.06 bits per heavy atom. The molecule has 0 aliphatic carbocycles. The maximum Gasteiger partial charge on any atom is 0.281 e. The summed E-state index contributed by atoms with van der Waals surface area (Å²) in [7, 11) is 0. The van der Waals surface area contributed by atoms with E-state index in [9.17, 15) is 24.0 Å². The predicted molar refractivity (Wildman–Crippen MR) is 201 cm³/mol. The van der Waals surface area contributed by atoms with E-state index in [1.54, 1.807) is 42.5 Å². The number of nitrogens with two attached hydrogens (primary N) is 4. The molecular weight excluding hydrogens is 673 g/mol. The first kappa shape index (κ1) is 40.1. The van der Waals surface area contributed by atoms with Gasteiger partial charge < -0.3 is 44.2 Å². The number of guanidine groups is 1. The summed E-state index contributed by atoms with van der Waals surface area (Å²) in [4.78, 5) is 70.8. The molecule has 3 atom stereocenters. The summed E-state index contributed by atoms with van der Waals surface area (Å²) < 4.78 is 0. The summed E-state index contributed by atoms with van der Waals surface area (Å²) in [5.41, 5.74) is 23.9. The second-order valence-electron chi connectivity index (χ2n) is 12.0. The van der Waals surface area contributed by atoms with Gasteiger partial charge in [0.05, 0.1) is 5.69 Å². The second kappa shape index (κ2) is 20.4. The van der Waals surface area contributed by atoms with E-state index in [0.29, 0.717) is 49.9 Å². The van der Waals surface area contributed by atoms with Gasteiger partial charge in [0.25, 0.3) is 11.8 Å². The number of hydrogen-bond donors (Lipinski definition) is 8. The summed E-state index contributed by atoms with van der Waals surface area (Å²) in [6, 6.07) is 12.5. The Hall–Kier alpha value is -5.35. The van der Waals surface area contributed by atoms with Crippen LogP contribution in [0.4, 0.5) is 5.69 Å². The highest BCUT2D eigenvalue weighted by molar-refractivity contribution is 7.80. The van der Waals surface area contributed by atoms with E-state index in [1.807, 2.05) is 25.1 Å². The Labute approximate surface area is 303 Å². The molecule has 16 heteroatoms. The molecule has 0 saturated carbocycles. The van der Waals surface area contributed by atoms with Crippen molar-refractivity contribution in [2.75, 3.05) is 18.0 Å². The average Bonchev–Trinajstić information content (AvgIpc) is 3.39. The van der Waals surface area contributed by atoms with Crippen LogP contribution in [0.3, 0.4) is 0 Å². The molecule has 1 fully saturated rings. The molecule has 2 aromatic rings. The number of aliphatic imine (C=N–C) groups is 1. The summed E-state index contributed by atoms with van der Waals surface area (Å²) in [5, 5.41) is 11.4. The lowest BCUT2D eigenvalue weighted by Gasteiger charge is -2.25. The molecule has 51 heavy (non-hydrogen) atoms. The molecule has 12 N–H and O–H groups in total. The zero-order chi connectivity index (χ0) is 37.3. The maximum atomic E-state index is 13.6. The number of amides is 5. The largest absolute Gasteiger partial charge is 0.370 e. The van der Waals surface area contributed by atoms with Crippen molar-refractivity contribution in [3.8, 4) is 0 Å². The molecule has 1 saturated heterocycles. The van der Waals surface area contributed by atoms with Crippen LogP contribution in [0.2, 0.25) is 0 Å². The fraction of sp³-hybridized carbons (Fsp3) is 0.400. The fourth-order valence-corrected chi connectivity index (χ4v) is 5.56. The van der Waals surface area contributed by atoms with Gasteiger partial charge in [-0.15, -0.1) is 0 Å². The van der Waals surface area contributed by atoms with Crippen LogP contribution in [-0.4, -0.2) is 71.8 Å². The number of carbonyl (C=O) groups excluding carboxylic acids is 5. The highest BCUT2D eigenvalue weighted by Crippen LogP contribution is 2.22. The van der Waals surface area contributed by atoms with E-state index in [1.165, 1.54) is 4.90 Å². The van der Waals surface area contributed by atoms with Crippen molar-refractivity contribution in [1.82, 2.24) is 21.3 Å². The number of primary amides is 1. The van der Waals surface area contributed by atoms with Crippen molar-refractivity contribution in [3.63, 3.8) is 0 Å². The minimum atomic E-state index is -1.06. The first-order valence-corrected chi connectivity index (χ1v) is 17.3. The molecular formula is C35H48N10O5S. The number of unbranched alkanes of at least 4 members (excludes halogenated alkanes) is 2. The number of carbonyl (C=O) groups is 5. The molecule has 1 aliphatic heterocycles. The standard InChI is InChI=1S/C35H48N10O5S/c1-2-3-12-25(29(37)46)41-31(48)26(13-7-8-19-36)43-32(49)27(14-9-20-40-34(38)39)42-30(47)23-17-15-22(16-18-23)21-28-33(50)45(35(51)44-28)24-10-5-4-6-11-24/h4-6,10-11,15-18,21,25-27H,2-3,7-9,12-14,19-20,36H2,1H3,(H2,37,46)(H,41,48)(H,42,47)(H,43,49)(H,44,51)(H4,38,39,40)/b28-21-/t25-,26-,27-/m0/s1. The lowest BCUT2D eigenvalue weighted by molar-refractivity contribution is -0.132. The molecule has 0 unspecified atom stereocenters. The highest BCUT2D eigenvalue weighted by Gasteiger charge is 2.32. The Bertz CT molecular complexity index is 1600. The van der Waals surface area contributed by atoms with Crippen molar-refractivity contribution in [2.24, 2.45) is 27.9 Å². The SMILES string of the molecule is CCCC[C@H](NC(=O)[C@H](CCCCN)NC(=O)[C@H](CCCN=C(N)N)NC(=O)c1ccc(/C=C2\NC(=S)N(c3ccccc3)C2=O)cc1)C(N)=O. The van der Waals surface area contributed by atoms with E-state index in [4.69, 9.17) is 35.2 Å². The third kappa shape index (κ3) is 12.5. The zero-order valence-electron chi connectivity index (χ0n) is 28.7. The van der Waals surface area contributed by atoms with Gasteiger partial charge in [-0.05, 0) is 93.2 Å². The number of nitrogens with zero attached hydrogens (tertiary/aromatic N) is 2. The second-order valence-corrected chi connectivity index (χ2v) is 12.4. The lowest BCUT2D eigenvalue weighted by Crippen LogP contribution is -2.56. The van der Waals surface area contributed by atoms with E-state index < -0.39 is 41.8 Å². The van der Waals surface area contributed by atoms with E-state index in [2.05, 4.69) is 26.3 Å². The topological polar surface area (TPSA) is 253 Å². The average molecular weight is 721 g/mol. The number of nitrogens with one attached hydrogen (secondary N) is 4. The Kier molecular flexibility index (Phi) is 16.0. The predicted octanol–water partition coefficient (Wildman–Crippen LogP) is 0.875. The number of hydrogen-bond acceptors (Lipinski definition) is 8. The van der Waals surface area contributed by atoms with Crippen LogP contribution in [0.25, 0.3) is 6.08 Å². The zero-order valence-corrected chi connectivity index (χ0v) is 29.5. The first-order valence-electron chi connectivity index (χ1n) is 16.9.